The number of halogens is 3. The van der Waals surface area contributed by atoms with E-state index in [1.54, 1.807) is 6.07 Å². The Morgan fingerprint density at radius 3 is 2.34 bits per heavy atom. The Morgan fingerprint density at radius 1 is 1.07 bits per heavy atom. The lowest BCUT2D eigenvalue weighted by molar-refractivity contribution is -0.138. The van der Waals surface area contributed by atoms with Crippen molar-refractivity contribution in [1.82, 2.24) is 10.3 Å². The van der Waals surface area contributed by atoms with Crippen LogP contribution in [0.3, 0.4) is 0 Å². The maximum atomic E-state index is 12.6. The van der Waals surface area contributed by atoms with Gasteiger partial charge >= 0.3 is 12.1 Å². The van der Waals surface area contributed by atoms with Crippen molar-refractivity contribution in [3.8, 4) is 17.2 Å². The first-order chi connectivity index (χ1) is 13.6. The van der Waals surface area contributed by atoms with Crippen molar-refractivity contribution in [2.75, 3.05) is 6.54 Å². The highest BCUT2D eigenvalue weighted by atomic mass is 19.4. The van der Waals surface area contributed by atoms with Crippen molar-refractivity contribution in [2.45, 2.75) is 6.18 Å². The first-order valence-electron chi connectivity index (χ1n) is 8.12. The van der Waals surface area contributed by atoms with Crippen molar-refractivity contribution >= 4 is 22.6 Å². The molecule has 7 nitrogen and oxygen atoms in total. The van der Waals surface area contributed by atoms with E-state index in [1.165, 1.54) is 18.3 Å². The van der Waals surface area contributed by atoms with Gasteiger partial charge < -0.3 is 20.3 Å². The van der Waals surface area contributed by atoms with Gasteiger partial charge in [0.2, 0.25) is 0 Å². The summed E-state index contributed by atoms with van der Waals surface area (Å²) in [5, 5.41) is 21.7. The van der Waals surface area contributed by atoms with Crippen molar-refractivity contribution in [3.63, 3.8) is 0 Å². The lowest BCUT2D eigenvalue weighted by atomic mass is 10.1. The molecule has 3 rings (SSSR count). The monoisotopic (exact) mass is 406 g/mol. The zero-order chi connectivity index (χ0) is 21.2. The fourth-order valence-electron chi connectivity index (χ4n) is 2.49. The molecule has 0 unspecified atom stereocenters. The molecule has 150 valence electrons. The predicted molar refractivity (Wildman–Crippen MR) is 94.9 cm³/mol. The van der Waals surface area contributed by atoms with Gasteiger partial charge in [0.1, 0.15) is 18.0 Å². The van der Waals surface area contributed by atoms with E-state index in [9.17, 15) is 27.9 Å². The molecule has 3 aromatic rings. The molecule has 2 aromatic carbocycles. The molecule has 0 saturated carbocycles. The van der Waals surface area contributed by atoms with Crippen LogP contribution in [-0.4, -0.2) is 33.6 Å². The van der Waals surface area contributed by atoms with Gasteiger partial charge in [-0.2, -0.15) is 13.2 Å². The number of nitrogens with one attached hydrogen (secondary N) is 1. The molecule has 0 bridgehead atoms. The van der Waals surface area contributed by atoms with Gasteiger partial charge in [0, 0.05) is 17.0 Å². The number of alkyl halides is 3. The number of fused-ring (bicyclic) bond motifs is 1. The lowest BCUT2D eigenvalue weighted by Crippen LogP contribution is -2.29. The predicted octanol–water partition coefficient (Wildman–Crippen LogP) is 3.57. The Bertz CT molecular complexity index is 1080. The van der Waals surface area contributed by atoms with Gasteiger partial charge in [0.15, 0.2) is 11.4 Å². The quantitative estimate of drug-likeness (QED) is 0.598. The third-order valence-electron chi connectivity index (χ3n) is 3.87. The molecule has 0 spiro atoms. The average Bonchev–Trinajstić information content (AvgIpc) is 2.66. The first kappa shape index (κ1) is 19.9. The molecule has 1 aromatic heterocycles. The largest absolute Gasteiger partial charge is 0.505 e. The van der Waals surface area contributed by atoms with E-state index in [-0.39, 0.29) is 22.6 Å². The summed E-state index contributed by atoms with van der Waals surface area (Å²) in [5.41, 5.74) is -1.19. The number of rotatable bonds is 5. The van der Waals surface area contributed by atoms with Gasteiger partial charge in [-0.3, -0.25) is 9.59 Å². The number of hydrogen-bond donors (Lipinski definition) is 3. The summed E-state index contributed by atoms with van der Waals surface area (Å²) in [6.45, 7) is -0.644. The first-order valence-corrected chi connectivity index (χ1v) is 8.12. The van der Waals surface area contributed by atoms with Gasteiger partial charge in [-0.05, 0) is 42.5 Å². The minimum absolute atomic E-state index is 0.144. The summed E-state index contributed by atoms with van der Waals surface area (Å²) >= 11 is 0. The summed E-state index contributed by atoms with van der Waals surface area (Å²) in [5.74, 6) is -2.27. The van der Waals surface area contributed by atoms with Crippen LogP contribution in [0.4, 0.5) is 13.2 Å². The van der Waals surface area contributed by atoms with Gasteiger partial charge in [-0.1, -0.05) is 0 Å². The highest BCUT2D eigenvalue weighted by Gasteiger charge is 2.30. The Balaban J connectivity index is 1.87. The van der Waals surface area contributed by atoms with E-state index in [1.807, 2.05) is 0 Å². The van der Waals surface area contributed by atoms with Crippen LogP contribution in [0.1, 0.15) is 16.1 Å². The van der Waals surface area contributed by atoms with Gasteiger partial charge in [0.25, 0.3) is 5.91 Å². The number of aromatic nitrogens is 1. The van der Waals surface area contributed by atoms with Crippen LogP contribution in [0.2, 0.25) is 0 Å². The van der Waals surface area contributed by atoms with Crippen LogP contribution >= 0.6 is 0 Å². The molecule has 3 N–H and O–H groups in total. The highest BCUT2D eigenvalue weighted by molar-refractivity contribution is 6.02. The number of carbonyl (C=O) groups is 2. The van der Waals surface area contributed by atoms with E-state index < -0.39 is 35.9 Å². The number of ether oxygens (including phenoxy) is 1. The number of aromatic hydroxyl groups is 1. The topological polar surface area (TPSA) is 109 Å². The summed E-state index contributed by atoms with van der Waals surface area (Å²) in [6, 6.07) is 8.52. The van der Waals surface area contributed by atoms with Crippen LogP contribution in [-0.2, 0) is 11.0 Å². The summed E-state index contributed by atoms with van der Waals surface area (Å²) in [6.07, 6.45) is -3.15. The molecule has 0 atom stereocenters. The lowest BCUT2D eigenvalue weighted by Gasteiger charge is -2.11. The summed E-state index contributed by atoms with van der Waals surface area (Å²) in [7, 11) is 0. The molecule has 0 radical (unpaired) electrons. The third-order valence-corrected chi connectivity index (χ3v) is 3.87. The number of carbonyl (C=O) groups excluding carboxylic acids is 1. The van der Waals surface area contributed by atoms with E-state index in [0.717, 1.165) is 24.3 Å². The summed E-state index contributed by atoms with van der Waals surface area (Å²) in [4.78, 5) is 26.4. The molecule has 1 amide bonds. The van der Waals surface area contributed by atoms with Crippen molar-refractivity contribution in [2.24, 2.45) is 0 Å². The number of aliphatic carboxylic acids is 1. The number of hydrogen-bond acceptors (Lipinski definition) is 5. The Morgan fingerprint density at radius 2 is 1.72 bits per heavy atom. The number of carboxylic acids is 1. The highest BCUT2D eigenvalue weighted by Crippen LogP contribution is 2.34. The van der Waals surface area contributed by atoms with E-state index in [2.05, 4.69) is 10.3 Å². The molecule has 0 aliphatic rings. The number of pyridine rings is 1. The van der Waals surface area contributed by atoms with Crippen LogP contribution in [0.25, 0.3) is 10.8 Å². The number of carboxylic acid groups (broad SMARTS) is 1. The molecule has 29 heavy (non-hydrogen) atoms. The van der Waals surface area contributed by atoms with E-state index in [4.69, 9.17) is 9.84 Å². The van der Waals surface area contributed by atoms with Gasteiger partial charge in [-0.15, -0.1) is 0 Å². The molecular weight excluding hydrogens is 393 g/mol. The zero-order valence-corrected chi connectivity index (χ0v) is 14.5. The molecule has 1 heterocycles. The maximum Gasteiger partial charge on any atom is 0.416 e. The van der Waals surface area contributed by atoms with Crippen molar-refractivity contribution in [3.05, 3.63) is 59.9 Å². The van der Waals surface area contributed by atoms with Crippen LogP contribution < -0.4 is 10.1 Å². The SMILES string of the molecule is O=C(O)CNC(=O)c1ncc2ccc(Oc3ccc(C(F)(F)F)cc3)cc2c1O. The fourth-order valence-corrected chi connectivity index (χ4v) is 2.49. The molecule has 0 aliphatic carbocycles. The molecule has 0 aliphatic heterocycles. The maximum absolute atomic E-state index is 12.6. The zero-order valence-electron chi connectivity index (χ0n) is 14.5. The minimum atomic E-state index is -4.46. The van der Waals surface area contributed by atoms with Gasteiger partial charge in [0.05, 0.1) is 5.56 Å². The van der Waals surface area contributed by atoms with Crippen molar-refractivity contribution < 1.29 is 37.7 Å². The second-order valence-electron chi connectivity index (χ2n) is 5.91. The molecule has 0 fully saturated rings. The van der Waals surface area contributed by atoms with E-state index in [0.29, 0.717) is 5.39 Å². The Hall–Kier alpha value is -3.82. The van der Waals surface area contributed by atoms with E-state index >= 15 is 0 Å². The Kier molecular flexibility index (Phi) is 5.26. The Labute approximate surface area is 161 Å². The third kappa shape index (κ3) is 4.54. The average molecular weight is 406 g/mol. The normalized spacial score (nSPS) is 11.3. The molecule has 10 heteroatoms. The second-order valence-corrected chi connectivity index (χ2v) is 5.91. The minimum Gasteiger partial charge on any atom is -0.505 e. The fraction of sp³-hybridized carbons (Fsp3) is 0.105. The standard InChI is InChI=1S/C19H13F3N2O5/c20-19(21,22)11-2-5-12(6-3-11)29-13-4-1-10-8-23-16(17(27)14(10)7-13)18(28)24-9-15(25)26/h1-8,27H,9H2,(H,24,28)(H,25,26). The van der Waals surface area contributed by atoms with Gasteiger partial charge in [-0.25, -0.2) is 4.98 Å². The summed E-state index contributed by atoms with van der Waals surface area (Å²) < 4.78 is 43.4. The van der Waals surface area contributed by atoms with Crippen LogP contribution in [0.5, 0.6) is 17.2 Å². The molecular formula is C19H13F3N2O5. The number of benzene rings is 2. The number of amides is 1. The number of nitrogens with zero attached hydrogens (tertiary/aromatic N) is 1. The van der Waals surface area contributed by atoms with Crippen LogP contribution in [0, 0.1) is 0 Å². The van der Waals surface area contributed by atoms with Crippen molar-refractivity contribution in [1.29, 1.82) is 0 Å². The van der Waals surface area contributed by atoms with Crippen LogP contribution in [0.15, 0.2) is 48.7 Å². The smallest absolute Gasteiger partial charge is 0.416 e. The second kappa shape index (κ2) is 7.66. The molecule has 0 saturated heterocycles.